The molecule has 0 spiro atoms. The van der Waals surface area contributed by atoms with E-state index in [1.807, 2.05) is 13.0 Å². The van der Waals surface area contributed by atoms with Crippen molar-refractivity contribution in [3.05, 3.63) is 24.3 Å². The Balaban J connectivity index is 3.53. The molecule has 0 N–H and O–H groups in total. The van der Waals surface area contributed by atoms with Crippen molar-refractivity contribution in [3.8, 4) is 0 Å². The molecule has 46 valence electrons. The van der Waals surface area contributed by atoms with Crippen LogP contribution in [0.3, 0.4) is 0 Å². The van der Waals surface area contributed by atoms with Gasteiger partial charge in [0.2, 0.25) is 0 Å². The lowest BCUT2D eigenvalue weighted by Gasteiger charge is -1.93. The summed E-state index contributed by atoms with van der Waals surface area (Å²) in [6, 6.07) is 0. The van der Waals surface area contributed by atoms with Gasteiger partial charge in [-0.05, 0) is 13.3 Å². The predicted octanol–water partition coefficient (Wildman–Crippen LogP) is 2.90. The van der Waals surface area contributed by atoms with Crippen molar-refractivity contribution in [1.82, 2.24) is 0 Å². The third-order valence-corrected chi connectivity index (χ3v) is 1.71. The molecule has 0 heterocycles. The highest BCUT2D eigenvalue weighted by Crippen LogP contribution is 2.04. The summed E-state index contributed by atoms with van der Waals surface area (Å²) >= 11 is 3.36. The summed E-state index contributed by atoms with van der Waals surface area (Å²) in [5.41, 5.74) is 1.39. The summed E-state index contributed by atoms with van der Waals surface area (Å²) in [4.78, 5) is 0. The van der Waals surface area contributed by atoms with Crippen LogP contribution in [0.1, 0.15) is 13.3 Å². The summed E-state index contributed by atoms with van der Waals surface area (Å²) < 4.78 is 0. The number of alkyl halides is 1. The highest BCUT2D eigenvalue weighted by molar-refractivity contribution is 9.09. The Morgan fingerprint density at radius 3 is 2.50 bits per heavy atom. The van der Waals surface area contributed by atoms with E-state index in [0.717, 1.165) is 11.8 Å². The Morgan fingerprint density at radius 2 is 2.38 bits per heavy atom. The first-order valence-electron chi connectivity index (χ1n) is 2.66. The monoisotopic (exact) mass is 174 g/mol. The minimum Gasteiger partial charge on any atom is -0.103 e. The van der Waals surface area contributed by atoms with E-state index < -0.39 is 0 Å². The average Bonchev–Trinajstić information content (AvgIpc) is 1.83. The summed E-state index contributed by atoms with van der Waals surface area (Å²) in [5, 5.41) is 0.968. The minimum absolute atomic E-state index is 0.968. The first kappa shape index (κ1) is 7.96. The number of allylic oxidation sites excluding steroid dienone is 3. The Labute approximate surface area is 59.4 Å². The van der Waals surface area contributed by atoms with E-state index in [-0.39, 0.29) is 0 Å². The van der Waals surface area contributed by atoms with Gasteiger partial charge in [-0.1, -0.05) is 33.7 Å². The number of hydrogen-bond acceptors (Lipinski definition) is 0. The normalized spacial score (nSPS) is 11.5. The van der Waals surface area contributed by atoms with Crippen LogP contribution in [0.2, 0.25) is 0 Å². The fourth-order valence-electron chi connectivity index (χ4n) is 0.435. The topological polar surface area (TPSA) is 0 Å². The second-order valence-corrected chi connectivity index (χ2v) is 2.13. The molecule has 0 aliphatic carbocycles. The third-order valence-electron chi connectivity index (χ3n) is 0.986. The molecular formula is C7H11Br. The van der Waals surface area contributed by atoms with Gasteiger partial charge in [0.1, 0.15) is 0 Å². The van der Waals surface area contributed by atoms with Crippen LogP contribution in [-0.4, -0.2) is 5.33 Å². The van der Waals surface area contributed by atoms with Crippen LogP contribution in [0.5, 0.6) is 0 Å². The van der Waals surface area contributed by atoms with Crippen molar-refractivity contribution in [1.29, 1.82) is 0 Å². The molecule has 0 nitrogen and oxygen atoms in total. The molecule has 0 amide bonds. The smallest absolute Gasteiger partial charge is 0.0244 e. The number of rotatable bonds is 3. The van der Waals surface area contributed by atoms with Crippen molar-refractivity contribution < 1.29 is 0 Å². The van der Waals surface area contributed by atoms with E-state index in [4.69, 9.17) is 0 Å². The maximum Gasteiger partial charge on any atom is 0.0244 e. The first-order chi connectivity index (χ1) is 3.85. The molecule has 0 aromatic rings. The van der Waals surface area contributed by atoms with Crippen LogP contribution in [0, 0.1) is 0 Å². The van der Waals surface area contributed by atoms with Crippen LogP contribution in [-0.2, 0) is 0 Å². The van der Waals surface area contributed by atoms with Gasteiger partial charge in [-0.25, -0.2) is 0 Å². The average molecular weight is 175 g/mol. The minimum atomic E-state index is 0.968. The third kappa shape index (κ3) is 3.03. The highest BCUT2D eigenvalue weighted by atomic mass is 79.9. The van der Waals surface area contributed by atoms with Gasteiger partial charge in [-0.3, -0.25) is 0 Å². The van der Waals surface area contributed by atoms with Crippen LogP contribution in [0.15, 0.2) is 24.3 Å². The largest absolute Gasteiger partial charge is 0.103 e. The standard InChI is InChI=1S/C7H11Br/c1-3-5-7(4-2)6-8/h3-4H,1,5-6H2,2H3/b7-4+. The van der Waals surface area contributed by atoms with Crippen LogP contribution < -0.4 is 0 Å². The van der Waals surface area contributed by atoms with Crippen molar-refractivity contribution in [2.45, 2.75) is 13.3 Å². The van der Waals surface area contributed by atoms with Gasteiger partial charge in [-0.2, -0.15) is 0 Å². The van der Waals surface area contributed by atoms with E-state index in [9.17, 15) is 0 Å². The predicted molar refractivity (Wildman–Crippen MR) is 42.4 cm³/mol. The Bertz CT molecular complexity index is 92.6. The SMILES string of the molecule is C=CC/C(=C\C)CBr. The summed E-state index contributed by atoms with van der Waals surface area (Å²) in [5.74, 6) is 0. The molecule has 0 saturated heterocycles. The fourth-order valence-corrected chi connectivity index (χ4v) is 0.988. The van der Waals surface area contributed by atoms with Crippen molar-refractivity contribution in [3.63, 3.8) is 0 Å². The summed E-state index contributed by atoms with van der Waals surface area (Å²) in [6.45, 7) is 5.68. The van der Waals surface area contributed by atoms with Crippen LogP contribution >= 0.6 is 15.9 Å². The Kier molecular flexibility index (Phi) is 5.08. The van der Waals surface area contributed by atoms with E-state index in [1.165, 1.54) is 5.57 Å². The molecule has 8 heavy (non-hydrogen) atoms. The second-order valence-electron chi connectivity index (χ2n) is 1.57. The molecule has 0 aliphatic rings. The summed E-state index contributed by atoms with van der Waals surface area (Å²) in [6.07, 6.45) is 5.02. The number of halogens is 1. The maximum absolute atomic E-state index is 3.63. The zero-order valence-corrected chi connectivity index (χ0v) is 6.74. The van der Waals surface area contributed by atoms with Gasteiger partial charge < -0.3 is 0 Å². The van der Waals surface area contributed by atoms with Gasteiger partial charge >= 0.3 is 0 Å². The zero-order valence-electron chi connectivity index (χ0n) is 5.15. The Hall–Kier alpha value is -0.0400. The molecule has 0 aromatic heterocycles. The van der Waals surface area contributed by atoms with Gasteiger partial charge in [0, 0.05) is 5.33 Å². The molecule has 0 fully saturated rings. The summed E-state index contributed by atoms with van der Waals surface area (Å²) in [7, 11) is 0. The van der Waals surface area contributed by atoms with E-state index in [1.54, 1.807) is 0 Å². The zero-order chi connectivity index (χ0) is 6.41. The van der Waals surface area contributed by atoms with Crippen molar-refractivity contribution in [2.75, 3.05) is 5.33 Å². The molecule has 0 radical (unpaired) electrons. The molecule has 0 aliphatic heterocycles. The second kappa shape index (κ2) is 5.10. The quantitative estimate of drug-likeness (QED) is 0.457. The lowest BCUT2D eigenvalue weighted by Crippen LogP contribution is -1.78. The molecule has 0 rings (SSSR count). The van der Waals surface area contributed by atoms with Gasteiger partial charge in [0.15, 0.2) is 0 Å². The molecule has 0 aromatic carbocycles. The first-order valence-corrected chi connectivity index (χ1v) is 3.78. The van der Waals surface area contributed by atoms with Gasteiger partial charge in [-0.15, -0.1) is 6.58 Å². The van der Waals surface area contributed by atoms with Crippen LogP contribution in [0.4, 0.5) is 0 Å². The lowest BCUT2D eigenvalue weighted by atomic mass is 10.2. The molecular weight excluding hydrogens is 164 g/mol. The van der Waals surface area contributed by atoms with Crippen molar-refractivity contribution >= 4 is 15.9 Å². The molecule has 0 saturated carbocycles. The maximum atomic E-state index is 3.63. The molecule has 0 atom stereocenters. The van der Waals surface area contributed by atoms with E-state index in [2.05, 4.69) is 28.6 Å². The lowest BCUT2D eigenvalue weighted by molar-refractivity contribution is 1.22. The highest BCUT2D eigenvalue weighted by Gasteiger charge is 1.85. The van der Waals surface area contributed by atoms with E-state index >= 15 is 0 Å². The Morgan fingerprint density at radius 1 is 1.75 bits per heavy atom. The molecule has 0 bridgehead atoms. The van der Waals surface area contributed by atoms with Gasteiger partial charge in [0.05, 0.1) is 0 Å². The van der Waals surface area contributed by atoms with E-state index in [0.29, 0.717) is 0 Å². The molecule has 1 heteroatoms. The number of hydrogen-bond donors (Lipinski definition) is 0. The van der Waals surface area contributed by atoms with Gasteiger partial charge in [0.25, 0.3) is 0 Å². The molecule has 0 unspecified atom stereocenters. The van der Waals surface area contributed by atoms with Crippen LogP contribution in [0.25, 0.3) is 0 Å². The fraction of sp³-hybridized carbons (Fsp3) is 0.429. The van der Waals surface area contributed by atoms with Crippen molar-refractivity contribution in [2.24, 2.45) is 0 Å².